The van der Waals surface area contributed by atoms with Gasteiger partial charge in [-0.1, -0.05) is 45.0 Å². The Morgan fingerprint density at radius 1 is 1.21 bits per heavy atom. The van der Waals surface area contributed by atoms with E-state index in [0.717, 1.165) is 18.2 Å². The van der Waals surface area contributed by atoms with Gasteiger partial charge in [0.25, 0.3) is 0 Å². The zero-order chi connectivity index (χ0) is 13.9. The van der Waals surface area contributed by atoms with Crippen molar-refractivity contribution < 1.29 is 0 Å². The number of nitrogens with two attached hydrogens (primary N) is 1. The quantitative estimate of drug-likeness (QED) is 0.889. The van der Waals surface area contributed by atoms with E-state index in [9.17, 15) is 0 Å². The Kier molecular flexibility index (Phi) is 4.93. The Bertz CT molecular complexity index is 394. The van der Waals surface area contributed by atoms with Crippen LogP contribution >= 0.6 is 11.8 Å². The first-order chi connectivity index (χ1) is 8.96. The molecule has 2 rings (SSSR count). The lowest BCUT2D eigenvalue weighted by molar-refractivity contribution is 0.603. The van der Waals surface area contributed by atoms with Gasteiger partial charge in [-0.05, 0) is 24.0 Å². The van der Waals surface area contributed by atoms with Crippen LogP contribution in [0.1, 0.15) is 38.3 Å². The molecule has 3 N–H and O–H groups in total. The van der Waals surface area contributed by atoms with Gasteiger partial charge in [0.05, 0.1) is 0 Å². The first-order valence-electron chi connectivity index (χ1n) is 7.15. The second kappa shape index (κ2) is 6.29. The zero-order valence-corrected chi connectivity index (χ0v) is 13.1. The topological polar surface area (TPSA) is 38.0 Å². The van der Waals surface area contributed by atoms with E-state index in [0.29, 0.717) is 17.3 Å². The summed E-state index contributed by atoms with van der Waals surface area (Å²) in [7, 11) is 0. The van der Waals surface area contributed by atoms with Gasteiger partial charge in [0.1, 0.15) is 0 Å². The van der Waals surface area contributed by atoms with E-state index in [4.69, 9.17) is 5.73 Å². The van der Waals surface area contributed by atoms with Gasteiger partial charge in [-0.3, -0.25) is 0 Å². The molecule has 1 aromatic rings. The Morgan fingerprint density at radius 2 is 1.84 bits per heavy atom. The molecule has 0 spiro atoms. The van der Waals surface area contributed by atoms with E-state index < -0.39 is 0 Å². The lowest BCUT2D eigenvalue weighted by Gasteiger charge is -2.22. The van der Waals surface area contributed by atoms with E-state index in [2.05, 4.69) is 62.1 Å². The van der Waals surface area contributed by atoms with Crippen LogP contribution in [-0.2, 0) is 13.0 Å². The Hall–Kier alpha value is -0.510. The fraction of sp³-hybridized carbons (Fsp3) is 0.625. The molecule has 2 unspecified atom stereocenters. The summed E-state index contributed by atoms with van der Waals surface area (Å²) in [5, 5.41) is 4.42. The molecule has 1 aromatic carbocycles. The SMILES string of the molecule is CC(C)(C)SC1CNC(Cc2ccc(CN)cc2)C1. The highest BCUT2D eigenvalue weighted by Gasteiger charge is 2.28. The molecule has 3 heteroatoms. The van der Waals surface area contributed by atoms with E-state index in [1.54, 1.807) is 0 Å². The second-order valence-corrected chi connectivity index (χ2v) is 8.54. The molecule has 0 aliphatic carbocycles. The average Bonchev–Trinajstić information content (AvgIpc) is 2.75. The van der Waals surface area contributed by atoms with Crippen LogP contribution in [0.5, 0.6) is 0 Å². The van der Waals surface area contributed by atoms with Gasteiger partial charge in [0.15, 0.2) is 0 Å². The molecule has 19 heavy (non-hydrogen) atoms. The first kappa shape index (κ1) is 14.9. The first-order valence-corrected chi connectivity index (χ1v) is 8.03. The minimum atomic E-state index is 0.365. The standard InChI is InChI=1S/C16H26N2S/c1-16(2,3)19-15-9-14(18-11-15)8-12-4-6-13(10-17)7-5-12/h4-7,14-15,18H,8-11,17H2,1-3H3. The summed E-state index contributed by atoms with van der Waals surface area (Å²) >= 11 is 2.11. The molecule has 0 aromatic heterocycles. The van der Waals surface area contributed by atoms with E-state index >= 15 is 0 Å². The monoisotopic (exact) mass is 278 g/mol. The Balaban J connectivity index is 1.84. The maximum atomic E-state index is 5.63. The van der Waals surface area contributed by atoms with Crippen LogP contribution in [0.15, 0.2) is 24.3 Å². The molecule has 1 saturated heterocycles. The summed E-state index contributed by atoms with van der Waals surface area (Å²) in [5.74, 6) is 0. The van der Waals surface area contributed by atoms with Crippen molar-refractivity contribution in [2.24, 2.45) is 5.73 Å². The maximum absolute atomic E-state index is 5.63. The molecular weight excluding hydrogens is 252 g/mol. The third-order valence-electron chi connectivity index (χ3n) is 3.44. The average molecular weight is 278 g/mol. The normalized spacial score (nSPS) is 23.8. The van der Waals surface area contributed by atoms with E-state index in [1.807, 2.05) is 0 Å². The van der Waals surface area contributed by atoms with Gasteiger partial charge in [-0.15, -0.1) is 0 Å². The lowest BCUT2D eigenvalue weighted by atomic mass is 10.0. The van der Waals surface area contributed by atoms with Crippen molar-refractivity contribution in [2.45, 2.75) is 56.2 Å². The van der Waals surface area contributed by atoms with Gasteiger partial charge in [0, 0.05) is 29.1 Å². The van der Waals surface area contributed by atoms with Crippen molar-refractivity contribution in [1.29, 1.82) is 0 Å². The molecular formula is C16H26N2S. The summed E-state index contributed by atoms with van der Waals surface area (Å²) in [4.78, 5) is 0. The predicted octanol–water partition coefficient (Wildman–Crippen LogP) is 2.95. The van der Waals surface area contributed by atoms with Gasteiger partial charge in [0.2, 0.25) is 0 Å². The molecule has 106 valence electrons. The summed E-state index contributed by atoms with van der Waals surface area (Å²) < 4.78 is 0.365. The Morgan fingerprint density at radius 3 is 2.42 bits per heavy atom. The predicted molar refractivity (Wildman–Crippen MR) is 85.6 cm³/mol. The highest BCUT2D eigenvalue weighted by atomic mass is 32.2. The second-order valence-electron chi connectivity index (χ2n) is 6.42. The van der Waals surface area contributed by atoms with Crippen molar-refractivity contribution >= 4 is 11.8 Å². The number of thioether (sulfide) groups is 1. The van der Waals surface area contributed by atoms with Gasteiger partial charge in [-0.25, -0.2) is 0 Å². The summed E-state index contributed by atoms with van der Waals surface area (Å²) in [6, 6.07) is 9.35. The lowest BCUT2D eigenvalue weighted by Crippen LogP contribution is -2.23. The highest BCUT2D eigenvalue weighted by molar-refractivity contribution is 8.01. The van der Waals surface area contributed by atoms with Crippen LogP contribution < -0.4 is 11.1 Å². The molecule has 1 heterocycles. The summed E-state index contributed by atoms with van der Waals surface area (Å²) in [6.45, 7) is 8.68. The molecule has 2 atom stereocenters. The van der Waals surface area contributed by atoms with Crippen LogP contribution in [-0.4, -0.2) is 22.6 Å². The van der Waals surface area contributed by atoms with Crippen LogP contribution in [0.25, 0.3) is 0 Å². The molecule has 0 amide bonds. The largest absolute Gasteiger partial charge is 0.326 e. The molecule has 0 radical (unpaired) electrons. The van der Waals surface area contributed by atoms with Crippen LogP contribution in [0.4, 0.5) is 0 Å². The number of rotatable bonds is 4. The minimum Gasteiger partial charge on any atom is -0.326 e. The number of nitrogens with one attached hydrogen (secondary N) is 1. The van der Waals surface area contributed by atoms with Crippen molar-refractivity contribution in [3.8, 4) is 0 Å². The fourth-order valence-corrected chi connectivity index (χ4v) is 4.13. The van der Waals surface area contributed by atoms with Crippen molar-refractivity contribution in [3.05, 3.63) is 35.4 Å². The number of benzene rings is 1. The molecule has 1 aliphatic rings. The van der Waals surface area contributed by atoms with Crippen LogP contribution in [0.2, 0.25) is 0 Å². The zero-order valence-electron chi connectivity index (χ0n) is 12.3. The minimum absolute atomic E-state index is 0.365. The van der Waals surface area contributed by atoms with E-state index in [1.165, 1.54) is 17.5 Å². The van der Waals surface area contributed by atoms with Crippen LogP contribution in [0, 0.1) is 0 Å². The molecule has 2 nitrogen and oxygen atoms in total. The van der Waals surface area contributed by atoms with Gasteiger partial charge in [-0.2, -0.15) is 11.8 Å². The highest BCUT2D eigenvalue weighted by Crippen LogP contribution is 2.33. The van der Waals surface area contributed by atoms with Crippen molar-refractivity contribution in [3.63, 3.8) is 0 Å². The third kappa shape index (κ3) is 4.83. The number of hydrogen-bond acceptors (Lipinski definition) is 3. The van der Waals surface area contributed by atoms with Gasteiger partial charge < -0.3 is 11.1 Å². The van der Waals surface area contributed by atoms with Crippen molar-refractivity contribution in [2.75, 3.05) is 6.54 Å². The smallest absolute Gasteiger partial charge is 0.0192 e. The molecule has 1 aliphatic heterocycles. The summed E-state index contributed by atoms with van der Waals surface area (Å²) in [5.41, 5.74) is 8.25. The van der Waals surface area contributed by atoms with Crippen molar-refractivity contribution in [1.82, 2.24) is 5.32 Å². The number of hydrogen-bond donors (Lipinski definition) is 2. The molecule has 0 saturated carbocycles. The summed E-state index contributed by atoms with van der Waals surface area (Å²) in [6.07, 6.45) is 2.41. The van der Waals surface area contributed by atoms with Gasteiger partial charge >= 0.3 is 0 Å². The maximum Gasteiger partial charge on any atom is 0.0192 e. The molecule has 0 bridgehead atoms. The Labute approximate surface area is 121 Å². The van der Waals surface area contributed by atoms with E-state index in [-0.39, 0.29) is 0 Å². The fourth-order valence-electron chi connectivity index (χ4n) is 2.62. The third-order valence-corrected chi connectivity index (χ3v) is 4.84. The molecule has 1 fully saturated rings. The van der Waals surface area contributed by atoms with Crippen LogP contribution in [0.3, 0.4) is 0 Å².